The van der Waals surface area contributed by atoms with Crippen molar-refractivity contribution in [3.05, 3.63) is 47.8 Å². The molecule has 0 spiro atoms. The Labute approximate surface area is 148 Å². The Morgan fingerprint density at radius 2 is 1.88 bits per heavy atom. The van der Waals surface area contributed by atoms with Crippen LogP contribution in [-0.2, 0) is 22.3 Å². The van der Waals surface area contributed by atoms with Gasteiger partial charge in [0.25, 0.3) is 0 Å². The van der Waals surface area contributed by atoms with Crippen LogP contribution in [0.25, 0.3) is 5.69 Å². The molecule has 1 amide bonds. The molecule has 1 aromatic heterocycles. The molecule has 26 heavy (non-hydrogen) atoms. The van der Waals surface area contributed by atoms with Crippen molar-refractivity contribution < 1.29 is 22.7 Å². The Morgan fingerprint density at radius 3 is 2.46 bits per heavy atom. The van der Waals surface area contributed by atoms with E-state index in [9.17, 15) is 18.0 Å². The fourth-order valence-corrected chi connectivity index (χ4v) is 2.71. The lowest BCUT2D eigenvalue weighted by atomic mass is 9.90. The highest BCUT2D eigenvalue weighted by Gasteiger charge is 2.35. The van der Waals surface area contributed by atoms with Gasteiger partial charge in [0.05, 0.1) is 11.2 Å². The molecule has 0 bridgehead atoms. The number of nitrogens with two attached hydrogens (primary N) is 1. The second-order valence-corrected chi connectivity index (χ2v) is 6.26. The maximum atomic E-state index is 12.6. The summed E-state index contributed by atoms with van der Waals surface area (Å²) in [5.74, 6) is -0.230. The molecule has 2 heterocycles. The topological polar surface area (TPSA) is 82.2 Å². The fourth-order valence-electron chi connectivity index (χ4n) is 2.71. The molecule has 2 aromatic rings. The quantitative estimate of drug-likeness (QED) is 0.865. The first-order chi connectivity index (χ1) is 12.3. The third-order valence-corrected chi connectivity index (χ3v) is 4.37. The smallest absolute Gasteiger partial charge is 0.381 e. The summed E-state index contributed by atoms with van der Waals surface area (Å²) in [5, 5.41) is 6.32. The second kappa shape index (κ2) is 7.08. The molecule has 0 unspecified atom stereocenters. The summed E-state index contributed by atoms with van der Waals surface area (Å²) in [6.45, 7) is 1.20. The Bertz CT molecular complexity index is 765. The number of alkyl halides is 3. The van der Waals surface area contributed by atoms with Crippen LogP contribution in [0.5, 0.6) is 0 Å². The number of ether oxygens (including phenoxy) is 1. The molecule has 0 atom stereocenters. The molecule has 3 N–H and O–H groups in total. The molecule has 6 nitrogen and oxygen atoms in total. The van der Waals surface area contributed by atoms with Crippen LogP contribution in [0.1, 0.15) is 24.1 Å². The van der Waals surface area contributed by atoms with E-state index in [1.807, 2.05) is 0 Å². The van der Waals surface area contributed by atoms with Crippen LogP contribution in [0.2, 0.25) is 0 Å². The standard InChI is InChI=1S/C17H19F3N4O2/c18-17(19,20)14-5-8-24(23-14)13-3-1-12(2-4-13)11-22-15(25)16(21)6-9-26-10-7-16/h1-5,8H,6-7,9-11,21H2,(H,22,25). The van der Waals surface area contributed by atoms with Gasteiger partial charge in [-0.05, 0) is 36.6 Å². The summed E-state index contributed by atoms with van der Waals surface area (Å²) >= 11 is 0. The third kappa shape index (κ3) is 4.05. The van der Waals surface area contributed by atoms with Crippen LogP contribution >= 0.6 is 0 Å². The molecule has 1 saturated heterocycles. The van der Waals surface area contributed by atoms with E-state index >= 15 is 0 Å². The van der Waals surface area contributed by atoms with E-state index in [0.717, 1.165) is 16.3 Å². The molecule has 1 fully saturated rings. The van der Waals surface area contributed by atoms with Gasteiger partial charge in [-0.15, -0.1) is 0 Å². The van der Waals surface area contributed by atoms with Gasteiger partial charge in [0.15, 0.2) is 5.69 Å². The van der Waals surface area contributed by atoms with Crippen LogP contribution in [0, 0.1) is 0 Å². The van der Waals surface area contributed by atoms with Crippen molar-refractivity contribution in [3.63, 3.8) is 0 Å². The SMILES string of the molecule is NC1(C(=O)NCc2ccc(-n3ccc(C(F)(F)F)n3)cc2)CCOCC1. The number of halogens is 3. The van der Waals surface area contributed by atoms with Gasteiger partial charge < -0.3 is 15.8 Å². The summed E-state index contributed by atoms with van der Waals surface area (Å²) in [6.07, 6.45) is -2.28. The largest absolute Gasteiger partial charge is 0.435 e. The normalized spacial score (nSPS) is 17.1. The highest BCUT2D eigenvalue weighted by atomic mass is 19.4. The fraction of sp³-hybridized carbons (Fsp3) is 0.412. The summed E-state index contributed by atoms with van der Waals surface area (Å²) in [7, 11) is 0. The molecule has 0 saturated carbocycles. The van der Waals surface area contributed by atoms with E-state index in [-0.39, 0.29) is 12.5 Å². The summed E-state index contributed by atoms with van der Waals surface area (Å²) in [6, 6.07) is 7.64. The zero-order valence-electron chi connectivity index (χ0n) is 13.9. The Kier molecular flexibility index (Phi) is 5.01. The Balaban J connectivity index is 1.61. The van der Waals surface area contributed by atoms with Gasteiger partial charge in [0.1, 0.15) is 0 Å². The zero-order chi connectivity index (χ0) is 18.8. The molecule has 0 radical (unpaired) electrons. The molecule has 9 heteroatoms. The number of benzene rings is 1. The number of nitrogens with zero attached hydrogens (tertiary/aromatic N) is 2. The molecular weight excluding hydrogens is 349 g/mol. The molecular formula is C17H19F3N4O2. The lowest BCUT2D eigenvalue weighted by Gasteiger charge is -2.31. The van der Waals surface area contributed by atoms with Crippen molar-refractivity contribution in [2.45, 2.75) is 31.1 Å². The van der Waals surface area contributed by atoms with Gasteiger partial charge in [-0.25, -0.2) is 4.68 Å². The van der Waals surface area contributed by atoms with E-state index in [1.165, 1.54) is 6.20 Å². The second-order valence-electron chi connectivity index (χ2n) is 6.26. The van der Waals surface area contributed by atoms with Crippen molar-refractivity contribution in [1.82, 2.24) is 15.1 Å². The molecule has 1 aromatic carbocycles. The van der Waals surface area contributed by atoms with Crippen LogP contribution in [0.3, 0.4) is 0 Å². The predicted molar refractivity (Wildman–Crippen MR) is 87.4 cm³/mol. The van der Waals surface area contributed by atoms with Crippen molar-refractivity contribution in [2.75, 3.05) is 13.2 Å². The average Bonchev–Trinajstić information content (AvgIpc) is 3.11. The van der Waals surface area contributed by atoms with Crippen molar-refractivity contribution in [2.24, 2.45) is 5.73 Å². The number of carbonyl (C=O) groups excluding carboxylic acids is 1. The number of aromatic nitrogens is 2. The van der Waals surface area contributed by atoms with E-state index in [0.29, 0.717) is 31.7 Å². The van der Waals surface area contributed by atoms with E-state index in [2.05, 4.69) is 10.4 Å². The number of hydrogen-bond acceptors (Lipinski definition) is 4. The first kappa shape index (κ1) is 18.4. The first-order valence-electron chi connectivity index (χ1n) is 8.15. The predicted octanol–water partition coefficient (Wildman–Crippen LogP) is 2.02. The minimum Gasteiger partial charge on any atom is -0.381 e. The van der Waals surface area contributed by atoms with E-state index < -0.39 is 17.4 Å². The Hall–Kier alpha value is -2.39. The van der Waals surface area contributed by atoms with E-state index in [4.69, 9.17) is 10.5 Å². The average molecular weight is 368 g/mol. The summed E-state index contributed by atoms with van der Waals surface area (Å²) < 4.78 is 44.2. The zero-order valence-corrected chi connectivity index (χ0v) is 13.9. The van der Waals surface area contributed by atoms with Crippen molar-refractivity contribution in [1.29, 1.82) is 0 Å². The number of rotatable bonds is 4. The van der Waals surface area contributed by atoms with Crippen molar-refractivity contribution in [3.8, 4) is 5.69 Å². The Morgan fingerprint density at radius 1 is 1.23 bits per heavy atom. The van der Waals surface area contributed by atoms with Crippen LogP contribution in [0.15, 0.2) is 36.5 Å². The highest BCUT2D eigenvalue weighted by molar-refractivity contribution is 5.86. The minimum absolute atomic E-state index is 0.230. The summed E-state index contributed by atoms with van der Waals surface area (Å²) in [5.41, 5.74) is 5.55. The van der Waals surface area contributed by atoms with E-state index in [1.54, 1.807) is 24.3 Å². The number of nitrogens with one attached hydrogen (secondary N) is 1. The maximum Gasteiger partial charge on any atom is 0.435 e. The van der Waals surface area contributed by atoms with Crippen LogP contribution in [0.4, 0.5) is 13.2 Å². The molecule has 1 aliphatic heterocycles. The number of amides is 1. The number of hydrogen-bond donors (Lipinski definition) is 2. The third-order valence-electron chi connectivity index (χ3n) is 4.37. The van der Waals surface area contributed by atoms with Gasteiger partial charge >= 0.3 is 6.18 Å². The van der Waals surface area contributed by atoms with Gasteiger partial charge in [-0.2, -0.15) is 18.3 Å². The van der Waals surface area contributed by atoms with Gasteiger partial charge in [-0.3, -0.25) is 4.79 Å². The minimum atomic E-state index is -4.47. The molecule has 140 valence electrons. The first-order valence-corrected chi connectivity index (χ1v) is 8.15. The van der Waals surface area contributed by atoms with Crippen LogP contribution in [-0.4, -0.2) is 34.4 Å². The van der Waals surface area contributed by atoms with Gasteiger partial charge in [0.2, 0.25) is 5.91 Å². The van der Waals surface area contributed by atoms with Gasteiger partial charge in [-0.1, -0.05) is 12.1 Å². The summed E-state index contributed by atoms with van der Waals surface area (Å²) in [4.78, 5) is 12.3. The number of carbonyl (C=O) groups is 1. The van der Waals surface area contributed by atoms with Crippen molar-refractivity contribution >= 4 is 5.91 Å². The maximum absolute atomic E-state index is 12.6. The molecule has 3 rings (SSSR count). The lowest BCUT2D eigenvalue weighted by molar-refractivity contribution is -0.141. The molecule has 1 aliphatic rings. The monoisotopic (exact) mass is 368 g/mol. The van der Waals surface area contributed by atoms with Gasteiger partial charge in [0, 0.05) is 26.0 Å². The van der Waals surface area contributed by atoms with Crippen LogP contribution < -0.4 is 11.1 Å². The lowest BCUT2D eigenvalue weighted by Crippen LogP contribution is -2.56. The molecule has 0 aliphatic carbocycles. The highest BCUT2D eigenvalue weighted by Crippen LogP contribution is 2.27.